The van der Waals surface area contributed by atoms with E-state index >= 15 is 0 Å². The highest BCUT2D eigenvalue weighted by molar-refractivity contribution is 5.94. The smallest absolute Gasteiger partial charge is 0.337 e. The number of aryl methyl sites for hydroxylation is 3. The molecule has 0 aliphatic heterocycles. The van der Waals surface area contributed by atoms with Gasteiger partial charge in [-0.25, -0.2) is 4.79 Å². The van der Waals surface area contributed by atoms with E-state index in [2.05, 4.69) is 10.4 Å². The number of benzene rings is 2. The van der Waals surface area contributed by atoms with Crippen LogP contribution in [0.3, 0.4) is 0 Å². The van der Waals surface area contributed by atoms with Gasteiger partial charge in [0.25, 0.3) is 0 Å². The molecule has 7 heteroatoms. The topological polar surface area (TPSA) is 97.4 Å². The molecule has 7 nitrogen and oxygen atoms in total. The lowest BCUT2D eigenvalue weighted by atomic mass is 10.0. The van der Waals surface area contributed by atoms with Crippen molar-refractivity contribution in [1.82, 2.24) is 9.78 Å². The van der Waals surface area contributed by atoms with Crippen molar-refractivity contribution < 1.29 is 14.3 Å². The highest BCUT2D eigenvalue weighted by atomic mass is 16.4. The summed E-state index contributed by atoms with van der Waals surface area (Å²) in [4.78, 5) is 24.5. The normalized spacial score (nSPS) is 12.1. The Kier molecular flexibility index (Phi) is 5.10. The third kappa shape index (κ3) is 3.82. The van der Waals surface area contributed by atoms with Crippen LogP contribution in [0.25, 0.3) is 22.4 Å². The van der Waals surface area contributed by atoms with Crippen molar-refractivity contribution in [2.24, 2.45) is 7.05 Å². The lowest BCUT2D eigenvalue weighted by molar-refractivity contribution is 0.0698. The van der Waals surface area contributed by atoms with Crippen LogP contribution in [-0.2, 0) is 7.05 Å². The van der Waals surface area contributed by atoms with E-state index < -0.39 is 5.97 Å². The Balaban J connectivity index is 1.86. The Morgan fingerprint density at radius 2 is 1.94 bits per heavy atom. The summed E-state index contributed by atoms with van der Waals surface area (Å²) in [7, 11) is 1.82. The van der Waals surface area contributed by atoms with Crippen molar-refractivity contribution in [2.75, 3.05) is 5.32 Å². The monoisotopic (exact) mass is 417 g/mol. The van der Waals surface area contributed by atoms with Crippen LogP contribution in [0.5, 0.6) is 0 Å². The van der Waals surface area contributed by atoms with Crippen LogP contribution in [0, 0.1) is 13.8 Å². The van der Waals surface area contributed by atoms with Crippen molar-refractivity contribution in [1.29, 1.82) is 0 Å². The fourth-order valence-corrected chi connectivity index (χ4v) is 3.83. The van der Waals surface area contributed by atoms with Gasteiger partial charge in [-0.05, 0) is 50.1 Å². The number of carbonyl (C=O) groups is 1. The summed E-state index contributed by atoms with van der Waals surface area (Å²) >= 11 is 0. The van der Waals surface area contributed by atoms with Crippen LogP contribution in [-0.4, -0.2) is 20.9 Å². The average molecular weight is 417 g/mol. The van der Waals surface area contributed by atoms with Crippen LogP contribution in [0.4, 0.5) is 5.69 Å². The molecule has 0 aliphatic rings. The van der Waals surface area contributed by atoms with E-state index in [1.165, 1.54) is 6.07 Å². The van der Waals surface area contributed by atoms with Gasteiger partial charge < -0.3 is 14.8 Å². The minimum Gasteiger partial charge on any atom is -0.478 e. The molecule has 0 spiro atoms. The molecule has 4 aromatic rings. The first-order valence-corrected chi connectivity index (χ1v) is 9.92. The summed E-state index contributed by atoms with van der Waals surface area (Å²) in [5.41, 5.74) is 4.19. The molecular weight excluding hydrogens is 394 g/mol. The molecule has 2 aromatic heterocycles. The number of fused-ring (bicyclic) bond motifs is 1. The van der Waals surface area contributed by atoms with Gasteiger partial charge in [-0.2, -0.15) is 5.10 Å². The second-order valence-electron chi connectivity index (χ2n) is 7.76. The van der Waals surface area contributed by atoms with Crippen molar-refractivity contribution in [2.45, 2.75) is 26.8 Å². The molecule has 0 amide bonds. The number of aromatic carboxylic acids is 1. The quantitative estimate of drug-likeness (QED) is 0.489. The fraction of sp³-hybridized carbons (Fsp3) is 0.208. The highest BCUT2D eigenvalue weighted by Crippen LogP contribution is 2.31. The van der Waals surface area contributed by atoms with Crippen molar-refractivity contribution >= 4 is 22.6 Å². The first-order valence-electron chi connectivity index (χ1n) is 9.92. The molecule has 0 unspecified atom stereocenters. The SMILES string of the molecule is Cc1cc([C@@H](C)Nc2ccccc2C(=O)O)c2oc(-c3nn(C)cc3C)cc(=O)c2c1. The van der Waals surface area contributed by atoms with E-state index in [0.717, 1.165) is 16.7 Å². The number of para-hydroxylation sites is 1. The number of carboxylic acid groups (broad SMARTS) is 1. The van der Waals surface area contributed by atoms with E-state index in [1.54, 1.807) is 35.0 Å². The van der Waals surface area contributed by atoms with Gasteiger partial charge in [-0.1, -0.05) is 18.2 Å². The average Bonchev–Trinajstić information content (AvgIpc) is 3.06. The highest BCUT2D eigenvalue weighted by Gasteiger charge is 2.19. The van der Waals surface area contributed by atoms with E-state index in [4.69, 9.17) is 4.42 Å². The molecule has 0 saturated carbocycles. The number of carboxylic acids is 1. The molecule has 158 valence electrons. The van der Waals surface area contributed by atoms with E-state index in [1.807, 2.05) is 40.1 Å². The molecule has 2 N–H and O–H groups in total. The predicted octanol–water partition coefficient (Wildman–Crippen LogP) is 4.68. The van der Waals surface area contributed by atoms with Gasteiger partial charge in [-0.3, -0.25) is 9.48 Å². The van der Waals surface area contributed by atoms with Gasteiger partial charge >= 0.3 is 5.97 Å². The zero-order chi connectivity index (χ0) is 22.3. The zero-order valence-electron chi connectivity index (χ0n) is 17.8. The van der Waals surface area contributed by atoms with Gasteiger partial charge in [-0.15, -0.1) is 0 Å². The second kappa shape index (κ2) is 7.75. The molecule has 0 radical (unpaired) electrons. The Bertz CT molecular complexity index is 1370. The predicted molar refractivity (Wildman–Crippen MR) is 120 cm³/mol. The van der Waals surface area contributed by atoms with Crippen molar-refractivity contribution in [3.05, 3.63) is 81.1 Å². The molecule has 2 aromatic carbocycles. The summed E-state index contributed by atoms with van der Waals surface area (Å²) in [5, 5.41) is 17.6. The third-order valence-electron chi connectivity index (χ3n) is 5.24. The molecular formula is C24H23N3O4. The van der Waals surface area contributed by atoms with Crippen molar-refractivity contribution in [3.63, 3.8) is 0 Å². The second-order valence-corrected chi connectivity index (χ2v) is 7.76. The Morgan fingerprint density at radius 1 is 1.19 bits per heavy atom. The van der Waals surface area contributed by atoms with Gasteiger partial charge in [0, 0.05) is 30.6 Å². The first kappa shape index (κ1) is 20.4. The fourth-order valence-electron chi connectivity index (χ4n) is 3.83. The summed E-state index contributed by atoms with van der Waals surface area (Å²) in [6.45, 7) is 5.73. The minimum atomic E-state index is -1.01. The summed E-state index contributed by atoms with van der Waals surface area (Å²) in [6.07, 6.45) is 1.86. The number of rotatable bonds is 5. The summed E-state index contributed by atoms with van der Waals surface area (Å²) < 4.78 is 7.89. The third-order valence-corrected chi connectivity index (χ3v) is 5.24. The number of anilines is 1. The Morgan fingerprint density at radius 3 is 2.61 bits per heavy atom. The maximum absolute atomic E-state index is 12.9. The van der Waals surface area contributed by atoms with Gasteiger partial charge in [0.2, 0.25) is 0 Å². The number of hydrogen-bond donors (Lipinski definition) is 2. The number of nitrogens with one attached hydrogen (secondary N) is 1. The number of hydrogen-bond acceptors (Lipinski definition) is 5. The Labute approximate surface area is 178 Å². The number of aromatic nitrogens is 2. The minimum absolute atomic E-state index is 0.149. The molecule has 1 atom stereocenters. The van der Waals surface area contributed by atoms with Crippen LogP contribution in [0.1, 0.15) is 40.0 Å². The van der Waals surface area contributed by atoms with Crippen molar-refractivity contribution in [3.8, 4) is 11.5 Å². The van der Waals surface area contributed by atoms with Crippen LogP contribution < -0.4 is 10.7 Å². The van der Waals surface area contributed by atoms with Gasteiger partial charge in [0.1, 0.15) is 11.3 Å². The molecule has 2 heterocycles. The lowest BCUT2D eigenvalue weighted by Gasteiger charge is -2.19. The largest absolute Gasteiger partial charge is 0.478 e. The summed E-state index contributed by atoms with van der Waals surface area (Å²) in [6, 6.07) is 11.6. The first-order chi connectivity index (χ1) is 14.7. The molecule has 0 saturated heterocycles. The Hall–Kier alpha value is -3.87. The lowest BCUT2D eigenvalue weighted by Crippen LogP contribution is -2.12. The van der Waals surface area contributed by atoms with E-state index in [0.29, 0.717) is 28.1 Å². The maximum atomic E-state index is 12.9. The summed E-state index contributed by atoms with van der Waals surface area (Å²) in [5.74, 6) is -0.609. The maximum Gasteiger partial charge on any atom is 0.337 e. The molecule has 31 heavy (non-hydrogen) atoms. The molecule has 0 bridgehead atoms. The van der Waals surface area contributed by atoms with Crippen LogP contribution in [0.2, 0.25) is 0 Å². The molecule has 0 fully saturated rings. The van der Waals surface area contributed by atoms with Crippen LogP contribution >= 0.6 is 0 Å². The molecule has 4 rings (SSSR count). The standard InChI is InChI=1S/C24H23N3O4/c1-13-9-17(15(3)25-19-8-6-5-7-16(19)24(29)30)23-18(10-13)20(28)11-21(31-23)22-14(2)12-27(4)26-22/h5-12,15,25H,1-4H3,(H,29,30)/t15-/m1/s1. The van der Waals surface area contributed by atoms with Gasteiger partial charge in [0.05, 0.1) is 17.0 Å². The van der Waals surface area contributed by atoms with Crippen LogP contribution in [0.15, 0.2) is 57.9 Å². The van der Waals surface area contributed by atoms with Gasteiger partial charge in [0.15, 0.2) is 11.2 Å². The van der Waals surface area contributed by atoms with E-state index in [-0.39, 0.29) is 17.0 Å². The van der Waals surface area contributed by atoms with E-state index in [9.17, 15) is 14.7 Å². The number of nitrogens with zero attached hydrogens (tertiary/aromatic N) is 2. The zero-order valence-corrected chi connectivity index (χ0v) is 17.8. The molecule has 0 aliphatic carbocycles.